The molecule has 0 atom stereocenters. The Balaban J connectivity index is 2.87. The first kappa shape index (κ1) is 8.39. The first-order valence-electron chi connectivity index (χ1n) is 2.99. The van der Waals surface area contributed by atoms with Crippen LogP contribution in [0.25, 0.3) is 0 Å². The lowest BCUT2D eigenvalue weighted by atomic mass is 10.3. The third-order valence-corrected chi connectivity index (χ3v) is 1.37. The van der Waals surface area contributed by atoms with Crippen LogP contribution in [0.3, 0.4) is 0 Å². The number of hydrogen-bond acceptors (Lipinski definition) is 1. The molecule has 56 valence electrons. The number of nitrogens with zero attached hydrogens (tertiary/aromatic N) is 1. The Hall–Kier alpha value is -0.710. The predicted molar refractivity (Wildman–Crippen MR) is 46.8 cm³/mol. The number of aromatic nitrogens is 1. The molecule has 0 bridgehead atoms. The van der Waals surface area contributed by atoms with Crippen molar-refractivity contribution in [3.8, 4) is 11.8 Å². The summed E-state index contributed by atoms with van der Waals surface area (Å²) >= 11 is 11.0. The summed E-state index contributed by atoms with van der Waals surface area (Å²) in [5.74, 6) is 5.76. The molecule has 1 nitrogen and oxygen atoms in total. The molecule has 0 fully saturated rings. The molecule has 0 aliphatic rings. The molecule has 0 aliphatic carbocycles. The summed E-state index contributed by atoms with van der Waals surface area (Å²) in [6, 6.07) is 3.40. The van der Waals surface area contributed by atoms with Gasteiger partial charge in [0, 0.05) is 11.2 Å². The van der Waals surface area contributed by atoms with Crippen LogP contribution in [-0.4, -0.2) is 10.9 Å². The van der Waals surface area contributed by atoms with Crippen LogP contribution in [0.4, 0.5) is 0 Å². The summed E-state index contributed by atoms with van der Waals surface area (Å²) < 4.78 is 0. The molecule has 0 aromatic carbocycles. The van der Waals surface area contributed by atoms with Crippen molar-refractivity contribution in [1.82, 2.24) is 4.98 Å². The molecule has 11 heavy (non-hydrogen) atoms. The Bertz CT molecular complexity index is 298. The van der Waals surface area contributed by atoms with Crippen molar-refractivity contribution in [1.29, 1.82) is 0 Å². The van der Waals surface area contributed by atoms with Gasteiger partial charge in [-0.2, -0.15) is 0 Å². The zero-order valence-electron chi connectivity index (χ0n) is 5.64. The molecule has 0 amide bonds. The van der Waals surface area contributed by atoms with Crippen molar-refractivity contribution < 1.29 is 0 Å². The fourth-order valence-corrected chi connectivity index (χ4v) is 0.824. The van der Waals surface area contributed by atoms with Gasteiger partial charge < -0.3 is 0 Å². The zero-order valence-corrected chi connectivity index (χ0v) is 7.15. The van der Waals surface area contributed by atoms with E-state index in [0.29, 0.717) is 16.6 Å². The minimum Gasteiger partial charge on any atom is -0.248 e. The average Bonchev–Trinajstić information content (AvgIpc) is 2.01. The van der Waals surface area contributed by atoms with E-state index in [-0.39, 0.29) is 0 Å². The molecule has 3 heteroatoms. The third kappa shape index (κ3) is 2.80. The maximum Gasteiger partial charge on any atom is 0.114 e. The molecule has 0 radical (unpaired) electrons. The molecule has 0 unspecified atom stereocenters. The second kappa shape index (κ2) is 4.23. The fourth-order valence-electron chi connectivity index (χ4n) is 0.597. The van der Waals surface area contributed by atoms with Crippen LogP contribution in [-0.2, 0) is 0 Å². The molecule has 0 N–H and O–H groups in total. The van der Waals surface area contributed by atoms with Crippen LogP contribution >= 0.6 is 23.2 Å². The number of hydrogen-bond donors (Lipinski definition) is 0. The Morgan fingerprint density at radius 3 is 3.00 bits per heavy atom. The molecule has 1 heterocycles. The van der Waals surface area contributed by atoms with Gasteiger partial charge in [-0.15, -0.1) is 11.6 Å². The molecule has 1 rings (SSSR count). The zero-order chi connectivity index (χ0) is 8.10. The molecular formula is C8H5Cl2N. The number of alkyl halides is 1. The number of rotatable bonds is 0. The first-order valence-corrected chi connectivity index (χ1v) is 3.90. The highest BCUT2D eigenvalue weighted by Crippen LogP contribution is 2.06. The minimum atomic E-state index is 0.314. The van der Waals surface area contributed by atoms with Gasteiger partial charge in [-0.25, -0.2) is 4.98 Å². The van der Waals surface area contributed by atoms with Crippen molar-refractivity contribution in [2.45, 2.75) is 0 Å². The van der Waals surface area contributed by atoms with E-state index >= 15 is 0 Å². The molecule has 1 aromatic rings. The van der Waals surface area contributed by atoms with Crippen molar-refractivity contribution in [2.75, 3.05) is 5.88 Å². The molecule has 0 spiro atoms. The Kier molecular flexibility index (Phi) is 3.22. The molecule has 0 saturated carbocycles. The second-order valence-electron chi connectivity index (χ2n) is 1.79. The van der Waals surface area contributed by atoms with Gasteiger partial charge in [0.05, 0.1) is 5.88 Å². The van der Waals surface area contributed by atoms with E-state index < -0.39 is 0 Å². The summed E-state index contributed by atoms with van der Waals surface area (Å²) in [6.45, 7) is 0. The second-order valence-corrected chi connectivity index (χ2v) is 2.50. The molecule has 0 saturated heterocycles. The van der Waals surface area contributed by atoms with Crippen LogP contribution < -0.4 is 0 Å². The van der Waals surface area contributed by atoms with E-state index in [1.54, 1.807) is 18.3 Å². The highest BCUT2D eigenvalue weighted by molar-refractivity contribution is 6.30. The van der Waals surface area contributed by atoms with Crippen LogP contribution in [0.15, 0.2) is 18.3 Å². The quantitative estimate of drug-likeness (QED) is 0.447. The van der Waals surface area contributed by atoms with E-state index in [4.69, 9.17) is 23.2 Å². The Labute approximate surface area is 75.4 Å². The van der Waals surface area contributed by atoms with Crippen LogP contribution in [0.1, 0.15) is 5.69 Å². The van der Waals surface area contributed by atoms with Crippen molar-refractivity contribution in [3.05, 3.63) is 29.0 Å². The van der Waals surface area contributed by atoms with E-state index in [9.17, 15) is 0 Å². The summed E-state index contributed by atoms with van der Waals surface area (Å²) in [6.07, 6.45) is 1.61. The van der Waals surface area contributed by atoms with Crippen molar-refractivity contribution >= 4 is 23.2 Å². The van der Waals surface area contributed by atoms with Gasteiger partial charge in [-0.3, -0.25) is 0 Å². The Morgan fingerprint density at radius 1 is 1.55 bits per heavy atom. The molecular weight excluding hydrogens is 181 g/mol. The van der Waals surface area contributed by atoms with Gasteiger partial charge in [-0.05, 0) is 18.1 Å². The lowest BCUT2D eigenvalue weighted by molar-refractivity contribution is 1.29. The van der Waals surface area contributed by atoms with E-state index in [1.807, 2.05) is 0 Å². The van der Waals surface area contributed by atoms with Gasteiger partial charge in [0.2, 0.25) is 0 Å². The maximum atomic E-state index is 5.68. The largest absolute Gasteiger partial charge is 0.248 e. The highest BCUT2D eigenvalue weighted by atomic mass is 35.5. The average molecular weight is 186 g/mol. The highest BCUT2D eigenvalue weighted by Gasteiger charge is 1.88. The normalized spacial score (nSPS) is 8.55. The van der Waals surface area contributed by atoms with Gasteiger partial charge >= 0.3 is 0 Å². The number of halogens is 2. The van der Waals surface area contributed by atoms with Crippen molar-refractivity contribution in [3.63, 3.8) is 0 Å². The fraction of sp³-hybridized carbons (Fsp3) is 0.125. The van der Waals surface area contributed by atoms with E-state index in [1.165, 1.54) is 0 Å². The van der Waals surface area contributed by atoms with E-state index in [2.05, 4.69) is 16.8 Å². The summed E-state index contributed by atoms with van der Waals surface area (Å²) in [7, 11) is 0. The summed E-state index contributed by atoms with van der Waals surface area (Å²) in [5, 5.41) is 0.638. The van der Waals surface area contributed by atoms with Crippen LogP contribution in [0.5, 0.6) is 0 Å². The first-order chi connectivity index (χ1) is 5.33. The number of pyridine rings is 1. The van der Waals surface area contributed by atoms with Gasteiger partial charge in [0.25, 0.3) is 0 Å². The predicted octanol–water partition coefficient (Wildman–Crippen LogP) is 2.33. The molecule has 0 aliphatic heterocycles. The van der Waals surface area contributed by atoms with Gasteiger partial charge in [0.15, 0.2) is 0 Å². The topological polar surface area (TPSA) is 12.9 Å². The SMILES string of the molecule is ClCC#Cc1cc(Cl)ccn1. The third-order valence-electron chi connectivity index (χ3n) is 1.01. The van der Waals surface area contributed by atoms with E-state index in [0.717, 1.165) is 0 Å². The minimum absolute atomic E-state index is 0.314. The van der Waals surface area contributed by atoms with Crippen molar-refractivity contribution in [2.24, 2.45) is 0 Å². The summed E-state index contributed by atoms with van der Waals surface area (Å²) in [5.41, 5.74) is 0.651. The monoisotopic (exact) mass is 185 g/mol. The molecule has 1 aromatic heterocycles. The smallest absolute Gasteiger partial charge is 0.114 e. The van der Waals surface area contributed by atoms with Crippen LogP contribution in [0.2, 0.25) is 5.02 Å². The lowest BCUT2D eigenvalue weighted by Crippen LogP contribution is -1.79. The maximum absolute atomic E-state index is 5.68. The van der Waals surface area contributed by atoms with Gasteiger partial charge in [-0.1, -0.05) is 17.5 Å². The lowest BCUT2D eigenvalue weighted by Gasteiger charge is -1.88. The van der Waals surface area contributed by atoms with Gasteiger partial charge in [0.1, 0.15) is 5.69 Å². The van der Waals surface area contributed by atoms with Crippen LogP contribution in [0, 0.1) is 11.8 Å². The Morgan fingerprint density at radius 2 is 2.36 bits per heavy atom. The summed E-state index contributed by atoms with van der Waals surface area (Å²) in [4.78, 5) is 3.96. The standard InChI is InChI=1S/C8H5Cl2N/c9-4-1-2-8-6-7(10)3-5-11-8/h3,5-6H,4H2.